The van der Waals surface area contributed by atoms with Gasteiger partial charge in [-0.2, -0.15) is 0 Å². The quantitative estimate of drug-likeness (QED) is 0.0169. The van der Waals surface area contributed by atoms with Crippen molar-refractivity contribution in [3.8, 4) is 0 Å². The van der Waals surface area contributed by atoms with Crippen molar-refractivity contribution in [3.05, 3.63) is 85.1 Å². The third-order valence-corrected chi connectivity index (χ3v) is 18.3. The van der Waals surface area contributed by atoms with Crippen LogP contribution in [0.4, 0.5) is 0 Å². The van der Waals surface area contributed by atoms with Gasteiger partial charge in [-0.3, -0.25) is 37.3 Å². The van der Waals surface area contributed by atoms with Crippen LogP contribution in [0.15, 0.2) is 85.1 Å². The highest BCUT2D eigenvalue weighted by Gasteiger charge is 2.30. The largest absolute Gasteiger partial charge is 0.472 e. The van der Waals surface area contributed by atoms with Gasteiger partial charge >= 0.3 is 39.5 Å². The first-order valence-corrected chi connectivity index (χ1v) is 41.8. The Morgan fingerprint density at radius 1 is 0.296 bits per heavy atom. The number of hydrogen-bond acceptors (Lipinski definition) is 15. The zero-order chi connectivity index (χ0) is 71.8. The molecule has 0 radical (unpaired) electrons. The van der Waals surface area contributed by atoms with Crippen LogP contribution in [0.5, 0.6) is 0 Å². The second kappa shape index (κ2) is 71.6. The van der Waals surface area contributed by atoms with E-state index in [0.717, 1.165) is 116 Å². The van der Waals surface area contributed by atoms with Gasteiger partial charge < -0.3 is 33.8 Å². The predicted octanol–water partition coefficient (Wildman–Crippen LogP) is 22.2. The number of ether oxygens (including phenoxy) is 4. The van der Waals surface area contributed by atoms with Gasteiger partial charge in [-0.25, -0.2) is 9.13 Å². The molecule has 0 heterocycles. The first kappa shape index (κ1) is 94.2. The molecule has 0 saturated carbocycles. The average molecular weight is 1420 g/mol. The Labute approximate surface area is 595 Å². The van der Waals surface area contributed by atoms with Crippen molar-refractivity contribution < 1.29 is 80.2 Å². The van der Waals surface area contributed by atoms with Gasteiger partial charge in [0.25, 0.3) is 0 Å². The summed E-state index contributed by atoms with van der Waals surface area (Å²) in [5.41, 5.74) is 0. The highest BCUT2D eigenvalue weighted by Crippen LogP contribution is 2.45. The average Bonchev–Trinajstić information content (AvgIpc) is 0.972. The van der Waals surface area contributed by atoms with Crippen LogP contribution in [-0.2, 0) is 65.4 Å². The maximum atomic E-state index is 13.1. The molecule has 0 aliphatic rings. The van der Waals surface area contributed by atoms with Gasteiger partial charge in [-0.15, -0.1) is 0 Å². The van der Waals surface area contributed by atoms with Crippen LogP contribution in [0.3, 0.4) is 0 Å². The first-order valence-electron chi connectivity index (χ1n) is 38.8. The fraction of sp³-hybridized carbons (Fsp3) is 0.772. The van der Waals surface area contributed by atoms with Crippen molar-refractivity contribution >= 4 is 39.5 Å². The van der Waals surface area contributed by atoms with E-state index in [-0.39, 0.29) is 25.7 Å². The summed E-state index contributed by atoms with van der Waals surface area (Å²) in [6.45, 7) is 4.67. The summed E-state index contributed by atoms with van der Waals surface area (Å²) >= 11 is 0. The molecule has 19 heteroatoms. The van der Waals surface area contributed by atoms with Gasteiger partial charge in [0.15, 0.2) is 12.2 Å². The minimum Gasteiger partial charge on any atom is -0.462 e. The predicted molar refractivity (Wildman–Crippen MR) is 399 cm³/mol. The summed E-state index contributed by atoms with van der Waals surface area (Å²) in [6, 6.07) is 0. The topological polar surface area (TPSA) is 237 Å². The third-order valence-electron chi connectivity index (χ3n) is 16.4. The maximum absolute atomic E-state index is 13.1. The second-order valence-corrected chi connectivity index (χ2v) is 28.8. The Hall–Kier alpha value is -3.76. The highest BCUT2D eigenvalue weighted by molar-refractivity contribution is 7.47. The molecular formula is C79H140O17P2. The number of rotatable bonds is 73. The van der Waals surface area contributed by atoms with Gasteiger partial charge in [0.2, 0.25) is 0 Å². The molecule has 0 aromatic rings. The van der Waals surface area contributed by atoms with Gasteiger partial charge in [0, 0.05) is 25.7 Å². The molecule has 17 nitrogen and oxygen atoms in total. The minimum atomic E-state index is -4.98. The van der Waals surface area contributed by atoms with Crippen LogP contribution in [0.1, 0.15) is 336 Å². The number of aliphatic hydroxyl groups is 1. The summed E-state index contributed by atoms with van der Waals surface area (Å²) in [5, 5.41) is 10.6. The lowest BCUT2D eigenvalue weighted by Gasteiger charge is -2.21. The molecule has 0 bridgehead atoms. The Morgan fingerprint density at radius 2 is 0.561 bits per heavy atom. The van der Waals surface area contributed by atoms with Crippen LogP contribution >= 0.6 is 15.6 Å². The van der Waals surface area contributed by atoms with Crippen molar-refractivity contribution in [2.75, 3.05) is 39.6 Å². The molecule has 0 fully saturated rings. The normalized spacial score (nSPS) is 14.4. The van der Waals surface area contributed by atoms with E-state index in [4.69, 9.17) is 37.0 Å². The van der Waals surface area contributed by atoms with E-state index >= 15 is 0 Å². The molecule has 5 atom stereocenters. The lowest BCUT2D eigenvalue weighted by atomic mass is 10.0. The van der Waals surface area contributed by atoms with Crippen LogP contribution in [0.25, 0.3) is 0 Å². The number of unbranched alkanes of at least 4 members (excludes halogenated alkanes) is 33. The second-order valence-electron chi connectivity index (χ2n) is 25.9. The summed E-state index contributed by atoms with van der Waals surface area (Å²) in [7, 11) is -9.96. The highest BCUT2D eigenvalue weighted by atomic mass is 31.2. The molecule has 0 amide bonds. The van der Waals surface area contributed by atoms with Crippen molar-refractivity contribution in [1.82, 2.24) is 0 Å². The molecular weight excluding hydrogens is 1280 g/mol. The maximum Gasteiger partial charge on any atom is 0.472 e. The number of phosphoric ester groups is 2. The lowest BCUT2D eigenvalue weighted by molar-refractivity contribution is -0.161. The van der Waals surface area contributed by atoms with Gasteiger partial charge in [-0.05, 0) is 83.5 Å². The molecule has 568 valence electrons. The van der Waals surface area contributed by atoms with Crippen molar-refractivity contribution in [2.24, 2.45) is 0 Å². The number of carbonyl (C=O) groups excluding carboxylic acids is 4. The monoisotopic (exact) mass is 1420 g/mol. The van der Waals surface area contributed by atoms with Crippen molar-refractivity contribution in [3.63, 3.8) is 0 Å². The van der Waals surface area contributed by atoms with Gasteiger partial charge in [0.1, 0.15) is 19.3 Å². The zero-order valence-electron chi connectivity index (χ0n) is 62.0. The number of esters is 4. The Balaban J connectivity index is 5.35. The van der Waals surface area contributed by atoms with Gasteiger partial charge in [-0.1, -0.05) is 312 Å². The van der Waals surface area contributed by atoms with E-state index in [0.29, 0.717) is 32.1 Å². The SMILES string of the molecule is CC/C=C\C/C=C\C/C=C\C/C=C\C/C=C\C/C=C\CCC(=O)OCC(COP(=O)(O)OCC(O)COP(=O)(O)OCC(COC(=O)CCCCCCCCCCCCCCCCC)OC(=O)CCCCCCC/C=C\CCCC)OC(=O)CCCCCCCCCCCCCCC. The number of phosphoric acid groups is 2. The zero-order valence-corrected chi connectivity index (χ0v) is 63.7. The minimum absolute atomic E-state index is 0.0390. The van der Waals surface area contributed by atoms with Crippen molar-refractivity contribution in [2.45, 2.75) is 354 Å². The van der Waals surface area contributed by atoms with Gasteiger partial charge in [0.05, 0.1) is 26.4 Å². The Kier molecular flexibility index (Phi) is 68.9. The number of allylic oxidation sites excluding steroid dienone is 14. The summed E-state index contributed by atoms with van der Waals surface area (Å²) in [6.07, 6.45) is 73.1. The first-order chi connectivity index (χ1) is 47.7. The Bertz CT molecular complexity index is 2190. The molecule has 5 unspecified atom stereocenters. The fourth-order valence-corrected chi connectivity index (χ4v) is 12.0. The third kappa shape index (κ3) is 70.7. The molecule has 0 spiro atoms. The van der Waals surface area contributed by atoms with Crippen LogP contribution in [-0.4, -0.2) is 96.7 Å². The van der Waals surface area contributed by atoms with E-state index in [9.17, 15) is 43.2 Å². The van der Waals surface area contributed by atoms with Crippen LogP contribution in [0, 0.1) is 0 Å². The summed E-state index contributed by atoms with van der Waals surface area (Å²) < 4.78 is 68.4. The van der Waals surface area contributed by atoms with Crippen LogP contribution in [0.2, 0.25) is 0 Å². The van der Waals surface area contributed by atoms with E-state index in [2.05, 4.69) is 94.5 Å². The molecule has 0 aliphatic heterocycles. The van der Waals surface area contributed by atoms with E-state index in [1.54, 1.807) is 0 Å². The molecule has 0 aromatic carbocycles. The van der Waals surface area contributed by atoms with E-state index in [1.165, 1.54) is 135 Å². The molecule has 0 aromatic heterocycles. The summed E-state index contributed by atoms with van der Waals surface area (Å²) in [5.74, 6) is -2.26. The summed E-state index contributed by atoms with van der Waals surface area (Å²) in [4.78, 5) is 72.8. The number of carbonyl (C=O) groups is 4. The molecule has 3 N–H and O–H groups in total. The molecule has 0 rings (SSSR count). The molecule has 0 aliphatic carbocycles. The van der Waals surface area contributed by atoms with Crippen molar-refractivity contribution in [1.29, 1.82) is 0 Å². The fourth-order valence-electron chi connectivity index (χ4n) is 10.5. The molecule has 98 heavy (non-hydrogen) atoms. The van der Waals surface area contributed by atoms with Crippen LogP contribution < -0.4 is 0 Å². The lowest BCUT2D eigenvalue weighted by Crippen LogP contribution is -2.30. The molecule has 0 saturated heterocycles. The smallest absolute Gasteiger partial charge is 0.462 e. The Morgan fingerprint density at radius 3 is 0.908 bits per heavy atom. The van der Waals surface area contributed by atoms with E-state index in [1.807, 2.05) is 18.2 Å². The number of hydrogen-bond donors (Lipinski definition) is 3. The number of aliphatic hydroxyl groups excluding tert-OH is 1. The van der Waals surface area contributed by atoms with E-state index < -0.39 is 97.5 Å². The standard InChI is InChI=1S/C79H140O17P2/c1-5-9-13-17-21-25-29-32-34-35-36-37-39-42-45-48-52-56-60-64-77(82)90-70-75(96-79(84)66-62-58-54-50-46-40-31-27-23-19-15-11-7-3)72-94-98(87,88)92-68-73(80)67-91-97(85,86)93-71-74(95-78(83)65-61-57-53-49-43-28-24-20-16-12-8-4)69-89-76(81)63-59-55-51-47-44-41-38-33-30-26-22-18-14-10-6-2/h9,13,20-21,24-25,32,34,36-37,42,45,52,56,73-75,80H,5-8,10-12,14-19,22-23,26-31,33,35,38-41,43-44,46-51,53-55,57-72H2,1-4H3,(H,85,86)(H,87,88)/b13-9-,24-20-,25-21-,34-32-,37-36-,45-42-,56-52-.